The standard InChI is InChI=1S/C18H14Cl3N3S/c1-2-8-24-17(13-4-3-5-14(19)10-13)22-23-18(24)25-11-12-6-7-15(20)16(21)9-12/h2-7,9-10H,1,8,11H2. The molecule has 0 aliphatic carbocycles. The van der Waals surface area contributed by atoms with Crippen LogP contribution in [0.5, 0.6) is 0 Å². The van der Waals surface area contributed by atoms with Gasteiger partial charge in [0, 0.05) is 22.9 Å². The first-order valence-corrected chi connectivity index (χ1v) is 9.57. The molecule has 0 atom stereocenters. The number of thioether (sulfide) groups is 1. The zero-order chi connectivity index (χ0) is 17.8. The molecule has 7 heteroatoms. The van der Waals surface area contributed by atoms with Crippen molar-refractivity contribution in [2.75, 3.05) is 0 Å². The molecule has 0 amide bonds. The van der Waals surface area contributed by atoms with Gasteiger partial charge in [-0.15, -0.1) is 16.8 Å². The zero-order valence-electron chi connectivity index (χ0n) is 13.1. The van der Waals surface area contributed by atoms with Crippen LogP contribution in [0, 0.1) is 0 Å². The van der Waals surface area contributed by atoms with Crippen molar-refractivity contribution < 1.29 is 0 Å². The van der Waals surface area contributed by atoms with Gasteiger partial charge in [0.2, 0.25) is 0 Å². The van der Waals surface area contributed by atoms with Gasteiger partial charge in [0.05, 0.1) is 10.0 Å². The van der Waals surface area contributed by atoms with Gasteiger partial charge in [-0.2, -0.15) is 0 Å². The average molecular weight is 411 g/mol. The predicted molar refractivity (Wildman–Crippen MR) is 107 cm³/mol. The SMILES string of the molecule is C=CCn1c(SCc2ccc(Cl)c(Cl)c2)nnc1-c1cccc(Cl)c1. The second-order valence-electron chi connectivity index (χ2n) is 5.25. The lowest BCUT2D eigenvalue weighted by Gasteiger charge is -2.08. The Balaban J connectivity index is 1.86. The van der Waals surface area contributed by atoms with E-state index in [0.29, 0.717) is 27.4 Å². The van der Waals surface area contributed by atoms with E-state index < -0.39 is 0 Å². The molecule has 2 aromatic carbocycles. The lowest BCUT2D eigenvalue weighted by Crippen LogP contribution is -2.00. The number of rotatable bonds is 6. The summed E-state index contributed by atoms with van der Waals surface area (Å²) in [5.74, 6) is 1.47. The minimum Gasteiger partial charge on any atom is -0.298 e. The van der Waals surface area contributed by atoms with E-state index in [2.05, 4.69) is 16.8 Å². The van der Waals surface area contributed by atoms with Crippen molar-refractivity contribution in [2.45, 2.75) is 17.5 Å². The monoisotopic (exact) mass is 409 g/mol. The third kappa shape index (κ3) is 4.39. The molecule has 0 saturated heterocycles. The van der Waals surface area contributed by atoms with Crippen LogP contribution < -0.4 is 0 Å². The zero-order valence-corrected chi connectivity index (χ0v) is 16.2. The molecule has 0 fully saturated rings. The van der Waals surface area contributed by atoms with Crippen LogP contribution in [-0.2, 0) is 12.3 Å². The van der Waals surface area contributed by atoms with Crippen molar-refractivity contribution in [2.24, 2.45) is 0 Å². The maximum Gasteiger partial charge on any atom is 0.192 e. The fourth-order valence-corrected chi connectivity index (χ4v) is 3.71. The Hall–Kier alpha value is -1.46. The van der Waals surface area contributed by atoms with E-state index >= 15 is 0 Å². The van der Waals surface area contributed by atoms with Crippen molar-refractivity contribution in [1.29, 1.82) is 0 Å². The van der Waals surface area contributed by atoms with Crippen LogP contribution in [-0.4, -0.2) is 14.8 Å². The third-order valence-electron chi connectivity index (χ3n) is 3.46. The molecule has 1 aromatic heterocycles. The lowest BCUT2D eigenvalue weighted by atomic mass is 10.2. The van der Waals surface area contributed by atoms with E-state index in [0.717, 1.165) is 22.1 Å². The first kappa shape index (κ1) is 18.3. The molecular formula is C18H14Cl3N3S. The first-order valence-electron chi connectivity index (χ1n) is 7.45. The Bertz CT molecular complexity index is 908. The summed E-state index contributed by atoms with van der Waals surface area (Å²) in [6, 6.07) is 13.2. The molecule has 0 N–H and O–H groups in total. The topological polar surface area (TPSA) is 30.7 Å². The summed E-state index contributed by atoms with van der Waals surface area (Å²) in [7, 11) is 0. The smallest absolute Gasteiger partial charge is 0.192 e. The van der Waals surface area contributed by atoms with E-state index in [4.69, 9.17) is 34.8 Å². The molecule has 0 aliphatic rings. The number of hydrogen-bond donors (Lipinski definition) is 0. The second-order valence-corrected chi connectivity index (χ2v) is 7.45. The molecule has 1 heterocycles. The van der Waals surface area contributed by atoms with Crippen LogP contribution in [0.1, 0.15) is 5.56 Å². The lowest BCUT2D eigenvalue weighted by molar-refractivity contribution is 0.731. The van der Waals surface area contributed by atoms with Gasteiger partial charge >= 0.3 is 0 Å². The van der Waals surface area contributed by atoms with E-state index in [1.165, 1.54) is 0 Å². The fourth-order valence-electron chi connectivity index (χ4n) is 2.31. The summed E-state index contributed by atoms with van der Waals surface area (Å²) in [6.07, 6.45) is 1.82. The van der Waals surface area contributed by atoms with Gasteiger partial charge in [-0.25, -0.2) is 0 Å². The number of nitrogens with zero attached hydrogens (tertiary/aromatic N) is 3. The highest BCUT2D eigenvalue weighted by molar-refractivity contribution is 7.98. The number of aromatic nitrogens is 3. The van der Waals surface area contributed by atoms with Gasteiger partial charge < -0.3 is 0 Å². The Labute approximate surface area is 165 Å². The molecule has 0 spiro atoms. The fraction of sp³-hybridized carbons (Fsp3) is 0.111. The van der Waals surface area contributed by atoms with Gasteiger partial charge in [-0.1, -0.05) is 70.8 Å². The van der Waals surface area contributed by atoms with Crippen molar-refractivity contribution in [3.63, 3.8) is 0 Å². The second kappa shape index (κ2) is 8.28. The van der Waals surface area contributed by atoms with Crippen LogP contribution >= 0.6 is 46.6 Å². The minimum absolute atomic E-state index is 0.548. The Morgan fingerprint density at radius 3 is 2.60 bits per heavy atom. The van der Waals surface area contributed by atoms with Crippen LogP contribution in [0.15, 0.2) is 60.3 Å². The maximum atomic E-state index is 6.09. The van der Waals surface area contributed by atoms with Gasteiger partial charge in [0.15, 0.2) is 11.0 Å². The Kier molecular flexibility index (Phi) is 6.07. The molecule has 0 saturated carbocycles. The Morgan fingerprint density at radius 1 is 1.04 bits per heavy atom. The third-order valence-corrected chi connectivity index (χ3v) is 5.48. The quantitative estimate of drug-likeness (QED) is 0.349. The highest BCUT2D eigenvalue weighted by Crippen LogP contribution is 2.29. The summed E-state index contributed by atoms with van der Waals surface area (Å²) in [6.45, 7) is 4.43. The number of allylic oxidation sites excluding steroid dienone is 1. The van der Waals surface area contributed by atoms with Crippen LogP contribution in [0.3, 0.4) is 0 Å². The Morgan fingerprint density at radius 2 is 1.88 bits per heavy atom. The van der Waals surface area contributed by atoms with E-state index in [-0.39, 0.29) is 0 Å². The molecule has 0 unspecified atom stereocenters. The van der Waals surface area contributed by atoms with Gasteiger partial charge in [0.1, 0.15) is 0 Å². The summed E-state index contributed by atoms with van der Waals surface area (Å²) in [5.41, 5.74) is 1.99. The van der Waals surface area contributed by atoms with Crippen LogP contribution in [0.4, 0.5) is 0 Å². The summed E-state index contributed by atoms with van der Waals surface area (Å²) in [4.78, 5) is 0. The highest BCUT2D eigenvalue weighted by atomic mass is 35.5. The molecule has 3 nitrogen and oxygen atoms in total. The number of benzene rings is 2. The van der Waals surface area contributed by atoms with Crippen molar-refractivity contribution in [3.05, 3.63) is 75.8 Å². The van der Waals surface area contributed by atoms with Gasteiger partial charge in [0.25, 0.3) is 0 Å². The summed E-state index contributed by atoms with van der Waals surface area (Å²) in [5, 5.41) is 11.2. The molecule has 0 bridgehead atoms. The van der Waals surface area contributed by atoms with Crippen LogP contribution in [0.25, 0.3) is 11.4 Å². The van der Waals surface area contributed by atoms with E-state index in [1.807, 2.05) is 47.0 Å². The molecule has 0 aliphatic heterocycles. The van der Waals surface area contributed by atoms with Crippen LogP contribution in [0.2, 0.25) is 15.1 Å². The first-order chi connectivity index (χ1) is 12.1. The minimum atomic E-state index is 0.548. The number of hydrogen-bond acceptors (Lipinski definition) is 3. The van der Waals surface area contributed by atoms with Crippen molar-refractivity contribution >= 4 is 46.6 Å². The highest BCUT2D eigenvalue weighted by Gasteiger charge is 2.14. The molecule has 25 heavy (non-hydrogen) atoms. The van der Waals surface area contributed by atoms with Gasteiger partial charge in [-0.05, 0) is 29.8 Å². The predicted octanol–water partition coefficient (Wildman–Crippen LogP) is 6.38. The van der Waals surface area contributed by atoms with E-state index in [9.17, 15) is 0 Å². The average Bonchev–Trinajstić information content (AvgIpc) is 2.99. The normalized spacial score (nSPS) is 10.8. The largest absolute Gasteiger partial charge is 0.298 e. The molecule has 0 radical (unpaired) electrons. The summed E-state index contributed by atoms with van der Waals surface area (Å²) >= 11 is 19.7. The summed E-state index contributed by atoms with van der Waals surface area (Å²) < 4.78 is 2.01. The van der Waals surface area contributed by atoms with Crippen molar-refractivity contribution in [1.82, 2.24) is 14.8 Å². The number of halogens is 3. The maximum absolute atomic E-state index is 6.09. The van der Waals surface area contributed by atoms with Gasteiger partial charge in [-0.3, -0.25) is 4.57 Å². The molecular weight excluding hydrogens is 397 g/mol. The van der Waals surface area contributed by atoms with Crippen molar-refractivity contribution in [3.8, 4) is 11.4 Å². The van der Waals surface area contributed by atoms with E-state index in [1.54, 1.807) is 17.8 Å². The molecule has 3 aromatic rings. The molecule has 128 valence electrons. The molecule has 3 rings (SSSR count).